The summed E-state index contributed by atoms with van der Waals surface area (Å²) in [6.07, 6.45) is 0. The average molecular weight is 183 g/mol. The number of nitrogens with zero attached hydrogens (tertiary/aromatic N) is 1. The van der Waals surface area contributed by atoms with Crippen LogP contribution in [-0.4, -0.2) is 12.9 Å². The molecular formula is C8H10FN3O. The van der Waals surface area contributed by atoms with Gasteiger partial charge >= 0.3 is 0 Å². The number of benzene rings is 1. The van der Waals surface area contributed by atoms with E-state index in [1.54, 1.807) is 0 Å². The molecule has 0 aliphatic rings. The maximum Gasteiger partial charge on any atom is 0.165 e. The Bertz CT molecular complexity index is 338. The van der Waals surface area contributed by atoms with Gasteiger partial charge in [0.25, 0.3) is 0 Å². The van der Waals surface area contributed by atoms with Gasteiger partial charge in [-0.05, 0) is 18.2 Å². The van der Waals surface area contributed by atoms with Gasteiger partial charge in [0.05, 0.1) is 7.11 Å². The second kappa shape index (κ2) is 3.75. The third kappa shape index (κ3) is 1.87. The summed E-state index contributed by atoms with van der Waals surface area (Å²) in [6, 6.07) is 4.15. The number of hydrogen-bond acceptors (Lipinski definition) is 3. The van der Waals surface area contributed by atoms with Crippen molar-refractivity contribution in [1.29, 1.82) is 0 Å². The summed E-state index contributed by atoms with van der Waals surface area (Å²) >= 11 is 0. The zero-order chi connectivity index (χ0) is 9.84. The highest BCUT2D eigenvalue weighted by atomic mass is 19.1. The molecule has 0 saturated carbocycles. The molecule has 5 heteroatoms. The molecular weight excluding hydrogens is 173 g/mol. The van der Waals surface area contributed by atoms with Crippen molar-refractivity contribution in [2.24, 2.45) is 16.7 Å². The molecule has 1 rings (SSSR count). The van der Waals surface area contributed by atoms with E-state index in [-0.39, 0.29) is 11.6 Å². The minimum absolute atomic E-state index is 0.115. The van der Waals surface area contributed by atoms with Crippen LogP contribution in [0.4, 0.5) is 4.39 Å². The molecule has 0 radical (unpaired) electrons. The van der Waals surface area contributed by atoms with Crippen LogP contribution in [-0.2, 0) is 0 Å². The number of ether oxygens (including phenoxy) is 1. The molecule has 4 nitrogen and oxygen atoms in total. The molecule has 70 valence electrons. The van der Waals surface area contributed by atoms with Crippen LogP contribution in [0, 0.1) is 5.82 Å². The molecule has 0 unspecified atom stereocenters. The lowest BCUT2D eigenvalue weighted by Gasteiger charge is -2.04. The number of methoxy groups -OCH3 is 1. The van der Waals surface area contributed by atoms with Crippen LogP contribution in [0.1, 0.15) is 5.56 Å². The largest absolute Gasteiger partial charge is 0.494 e. The van der Waals surface area contributed by atoms with Gasteiger partial charge in [0.1, 0.15) is 5.84 Å². The number of halogens is 1. The summed E-state index contributed by atoms with van der Waals surface area (Å²) in [5, 5.41) is 3.28. The molecule has 0 aromatic heterocycles. The quantitative estimate of drug-likeness (QED) is 0.302. The number of hydrogen-bond donors (Lipinski definition) is 2. The van der Waals surface area contributed by atoms with E-state index in [1.165, 1.54) is 25.3 Å². The molecule has 4 N–H and O–H groups in total. The Morgan fingerprint density at radius 1 is 1.54 bits per heavy atom. The predicted molar refractivity (Wildman–Crippen MR) is 47.9 cm³/mol. The van der Waals surface area contributed by atoms with E-state index < -0.39 is 5.82 Å². The molecule has 0 saturated heterocycles. The third-order valence-corrected chi connectivity index (χ3v) is 1.59. The second-order valence-corrected chi connectivity index (χ2v) is 2.36. The fourth-order valence-electron chi connectivity index (χ4n) is 0.894. The average Bonchev–Trinajstić information content (AvgIpc) is 2.17. The van der Waals surface area contributed by atoms with Crippen molar-refractivity contribution in [2.75, 3.05) is 7.11 Å². The molecule has 0 fully saturated rings. The minimum atomic E-state index is -0.448. The van der Waals surface area contributed by atoms with Gasteiger partial charge in [0.15, 0.2) is 11.6 Å². The van der Waals surface area contributed by atoms with Crippen LogP contribution in [0.2, 0.25) is 0 Å². The lowest BCUT2D eigenvalue weighted by atomic mass is 10.2. The van der Waals surface area contributed by atoms with Gasteiger partial charge in [-0.1, -0.05) is 0 Å². The van der Waals surface area contributed by atoms with Crippen molar-refractivity contribution in [3.8, 4) is 5.75 Å². The summed E-state index contributed by atoms with van der Waals surface area (Å²) in [5.41, 5.74) is 5.94. The Balaban J connectivity index is 3.13. The molecule has 13 heavy (non-hydrogen) atoms. The SMILES string of the molecule is COc1cc(/C(N)=N/N)ccc1F. The van der Waals surface area contributed by atoms with Gasteiger partial charge in [-0.25, -0.2) is 4.39 Å². The molecule has 0 spiro atoms. The molecule has 0 bridgehead atoms. The molecule has 0 heterocycles. The first-order valence-electron chi connectivity index (χ1n) is 3.56. The highest BCUT2D eigenvalue weighted by Gasteiger charge is 2.05. The van der Waals surface area contributed by atoms with E-state index >= 15 is 0 Å². The smallest absolute Gasteiger partial charge is 0.165 e. The summed E-state index contributed by atoms with van der Waals surface area (Å²) in [6.45, 7) is 0. The standard InChI is InChI=1S/C8H10FN3O/c1-13-7-4-5(8(10)12-11)2-3-6(7)9/h2-4H,11H2,1H3,(H2,10,12). The van der Waals surface area contributed by atoms with E-state index in [9.17, 15) is 4.39 Å². The first kappa shape index (κ1) is 9.31. The van der Waals surface area contributed by atoms with Crippen LogP contribution >= 0.6 is 0 Å². The van der Waals surface area contributed by atoms with E-state index in [1.807, 2.05) is 0 Å². The Morgan fingerprint density at radius 3 is 2.77 bits per heavy atom. The summed E-state index contributed by atoms with van der Waals surface area (Å²) in [5.74, 6) is 4.77. The number of hydrazone groups is 1. The van der Waals surface area contributed by atoms with Gasteiger partial charge in [0, 0.05) is 5.56 Å². The Morgan fingerprint density at radius 2 is 2.23 bits per heavy atom. The normalized spacial score (nSPS) is 11.4. The Labute approximate surface area is 75.0 Å². The van der Waals surface area contributed by atoms with Crippen molar-refractivity contribution in [3.05, 3.63) is 29.6 Å². The maximum absolute atomic E-state index is 12.9. The topological polar surface area (TPSA) is 73.6 Å². The van der Waals surface area contributed by atoms with Crippen LogP contribution in [0.25, 0.3) is 0 Å². The van der Waals surface area contributed by atoms with Crippen molar-refractivity contribution in [2.45, 2.75) is 0 Å². The molecule has 1 aromatic carbocycles. The third-order valence-electron chi connectivity index (χ3n) is 1.59. The summed E-state index contributed by atoms with van der Waals surface area (Å²) in [4.78, 5) is 0. The van der Waals surface area contributed by atoms with Crippen molar-refractivity contribution in [1.82, 2.24) is 0 Å². The van der Waals surface area contributed by atoms with Crippen molar-refractivity contribution < 1.29 is 9.13 Å². The van der Waals surface area contributed by atoms with E-state index in [0.29, 0.717) is 5.56 Å². The zero-order valence-electron chi connectivity index (χ0n) is 7.12. The number of amidine groups is 1. The highest BCUT2D eigenvalue weighted by molar-refractivity contribution is 5.97. The Kier molecular flexibility index (Phi) is 2.69. The second-order valence-electron chi connectivity index (χ2n) is 2.36. The van der Waals surface area contributed by atoms with Crippen LogP contribution in [0.5, 0.6) is 5.75 Å². The lowest BCUT2D eigenvalue weighted by Crippen LogP contribution is -2.15. The predicted octanol–water partition coefficient (Wildman–Crippen LogP) is 0.413. The van der Waals surface area contributed by atoms with Crippen molar-refractivity contribution in [3.63, 3.8) is 0 Å². The summed E-state index contributed by atoms with van der Waals surface area (Å²) < 4.78 is 17.7. The molecule has 0 amide bonds. The van der Waals surface area contributed by atoms with Crippen LogP contribution in [0.3, 0.4) is 0 Å². The minimum Gasteiger partial charge on any atom is -0.494 e. The molecule has 0 aliphatic heterocycles. The fraction of sp³-hybridized carbons (Fsp3) is 0.125. The van der Waals surface area contributed by atoms with E-state index in [2.05, 4.69) is 5.10 Å². The van der Waals surface area contributed by atoms with Gasteiger partial charge in [0.2, 0.25) is 0 Å². The van der Waals surface area contributed by atoms with Crippen LogP contribution < -0.4 is 16.3 Å². The molecule has 0 atom stereocenters. The van der Waals surface area contributed by atoms with E-state index in [0.717, 1.165) is 0 Å². The van der Waals surface area contributed by atoms with Crippen LogP contribution in [0.15, 0.2) is 23.3 Å². The Hall–Kier alpha value is -1.78. The fourth-order valence-corrected chi connectivity index (χ4v) is 0.894. The number of nitrogens with two attached hydrogens (primary N) is 2. The summed E-state index contributed by atoms with van der Waals surface area (Å²) in [7, 11) is 1.37. The van der Waals surface area contributed by atoms with Gasteiger partial charge < -0.3 is 16.3 Å². The first-order valence-corrected chi connectivity index (χ1v) is 3.56. The molecule has 1 aromatic rings. The monoisotopic (exact) mass is 183 g/mol. The maximum atomic E-state index is 12.9. The lowest BCUT2D eigenvalue weighted by molar-refractivity contribution is 0.386. The first-order chi connectivity index (χ1) is 6.19. The van der Waals surface area contributed by atoms with Gasteiger partial charge in [-0.2, -0.15) is 5.10 Å². The van der Waals surface area contributed by atoms with E-state index in [4.69, 9.17) is 16.3 Å². The molecule has 0 aliphatic carbocycles. The number of rotatable bonds is 2. The zero-order valence-corrected chi connectivity index (χ0v) is 7.12. The van der Waals surface area contributed by atoms with Gasteiger partial charge in [-0.15, -0.1) is 0 Å². The van der Waals surface area contributed by atoms with Gasteiger partial charge in [-0.3, -0.25) is 0 Å². The highest BCUT2D eigenvalue weighted by Crippen LogP contribution is 2.17. The van der Waals surface area contributed by atoms with Crippen molar-refractivity contribution >= 4 is 5.84 Å².